The third-order valence-electron chi connectivity index (χ3n) is 17.0. The number of rotatable bonds is 30. The van der Waals surface area contributed by atoms with Crippen molar-refractivity contribution in [3.63, 3.8) is 0 Å². The standard InChI is InChI=1S/4C14H13S.C12H18O7S.2C9H12F2O4.C6H10O5S/c4*1-2-15(13-9-5-3-6-10-13)14-11-7-4-8-12-14;1-10(2)11(3)4-5-12(10,19-8(11)13)9(14)18-6-7-20(15,16)17;1-6(2)8(13)14-4-7(12)15-5-9(3,10)11;1-6(2)7(12)14-4-5-15-8(13)9(3,10)11;1-5(2)6(7)11-3-4-12(8,9)10/h4*2-12H,1H2;4-7H2,1-3H3,(H,15,16,17);2*1,4-5H2,2-3H3;1,3-4H2,2H3,(H,8,9,10)/q4*+1;;;;/p-2. The molecule has 0 spiro atoms. The minimum absolute atomic E-state index is 0.00568. The molecule has 8 aromatic carbocycles. The van der Waals surface area contributed by atoms with Crippen LogP contribution < -0.4 is 0 Å². The van der Waals surface area contributed by atoms with E-state index in [4.69, 9.17) is 9.47 Å². The van der Waals surface area contributed by atoms with Gasteiger partial charge in [0.1, 0.15) is 48.1 Å². The third-order valence-corrected chi connectivity index (χ3v) is 25.9. The summed E-state index contributed by atoms with van der Waals surface area (Å²) in [6, 6.07) is 83.9. The van der Waals surface area contributed by atoms with E-state index in [1.807, 2.05) is 70.2 Å². The van der Waals surface area contributed by atoms with E-state index in [0.29, 0.717) is 26.7 Å². The van der Waals surface area contributed by atoms with Gasteiger partial charge in [-0.2, -0.15) is 8.78 Å². The topological polar surface area (TPSA) is 298 Å². The molecule has 1 aliphatic carbocycles. The van der Waals surface area contributed by atoms with Gasteiger partial charge in [-0.3, -0.25) is 4.79 Å². The van der Waals surface area contributed by atoms with Crippen molar-refractivity contribution in [2.75, 3.05) is 51.1 Å². The van der Waals surface area contributed by atoms with Crippen LogP contribution in [0.1, 0.15) is 68.2 Å². The van der Waals surface area contributed by atoms with Crippen LogP contribution in [0.25, 0.3) is 0 Å². The zero-order chi connectivity index (χ0) is 91.3. The highest BCUT2D eigenvalue weighted by atomic mass is 32.2. The lowest BCUT2D eigenvalue weighted by Gasteiger charge is -2.34. The maximum atomic E-state index is 12.2. The van der Waals surface area contributed by atoms with E-state index in [-0.39, 0.29) is 66.9 Å². The van der Waals surface area contributed by atoms with Gasteiger partial charge in [0.25, 0.3) is 5.92 Å². The number of carbonyl (C=O) groups is 7. The lowest BCUT2D eigenvalue weighted by molar-refractivity contribution is -0.182. The van der Waals surface area contributed by atoms with E-state index in [9.17, 15) is 77.1 Å². The van der Waals surface area contributed by atoms with Crippen molar-refractivity contribution >= 4 is 106 Å². The Morgan fingerprint density at radius 3 is 0.893 bits per heavy atom. The summed E-state index contributed by atoms with van der Waals surface area (Å²) < 4.78 is 142. The van der Waals surface area contributed by atoms with Gasteiger partial charge in [-0.25, -0.2) is 54.4 Å². The van der Waals surface area contributed by atoms with Crippen LogP contribution in [-0.2, 0) is 131 Å². The summed E-state index contributed by atoms with van der Waals surface area (Å²) in [6.07, 6.45) is 0.846. The highest BCUT2D eigenvalue weighted by Gasteiger charge is 2.76. The predicted molar refractivity (Wildman–Crippen MR) is 468 cm³/mol. The summed E-state index contributed by atoms with van der Waals surface area (Å²) in [4.78, 5) is 88.1. The van der Waals surface area contributed by atoms with Gasteiger partial charge in [-0.1, -0.05) is 205 Å². The zero-order valence-corrected chi connectivity index (χ0v) is 73.9. The molecule has 122 heavy (non-hydrogen) atoms. The van der Waals surface area contributed by atoms with Crippen molar-refractivity contribution in [1.82, 2.24) is 0 Å². The summed E-state index contributed by atoms with van der Waals surface area (Å²) in [5.74, 6) is -14.1. The Kier molecular flexibility index (Phi) is 45.3. The quantitative estimate of drug-likeness (QED) is 0.00768. The normalized spacial score (nSPS) is 14.4. The van der Waals surface area contributed by atoms with Crippen molar-refractivity contribution in [2.24, 2.45) is 10.8 Å². The molecule has 30 heteroatoms. The van der Waals surface area contributed by atoms with Crippen LogP contribution in [0.3, 0.4) is 0 Å². The summed E-state index contributed by atoms with van der Waals surface area (Å²) in [6.45, 7) is 32.8. The summed E-state index contributed by atoms with van der Waals surface area (Å²) in [5, 5.41) is 8.07. The predicted octanol–water partition coefficient (Wildman–Crippen LogP) is 17.9. The zero-order valence-electron chi connectivity index (χ0n) is 69.1. The highest BCUT2D eigenvalue weighted by molar-refractivity contribution is 8.00. The molecule has 10 rings (SSSR count). The second kappa shape index (κ2) is 52.5. The van der Waals surface area contributed by atoms with Crippen molar-refractivity contribution in [1.29, 1.82) is 0 Å². The SMILES string of the molecule is C=C(C)C(=O)OCC(=O)OCC(C)(F)F.C=C(C)C(=O)OCCOC(=O)C(C)(F)F.C=C(C)C(=O)OCCS(=O)(=O)[O-].C=C[S+](c1ccccc1)c1ccccc1.C=C[S+](c1ccccc1)c1ccccc1.C=C[S+](c1ccccc1)c1ccccc1.C=C[S+](c1ccccc1)c1ccccc1.CC12CCC(C(=O)OCCS(=O)(=O)[O-])(OC1=O)C2(C)C. The number of halogens is 4. The molecule has 0 aromatic heterocycles. The fourth-order valence-electron chi connectivity index (χ4n) is 10.3. The Labute approximate surface area is 724 Å². The fourth-order valence-corrected chi connectivity index (χ4v) is 17.1. The van der Waals surface area contributed by atoms with Crippen molar-refractivity contribution in [2.45, 2.75) is 125 Å². The summed E-state index contributed by atoms with van der Waals surface area (Å²) >= 11 is 0. The maximum Gasteiger partial charge on any atom is 0.376 e. The van der Waals surface area contributed by atoms with Crippen LogP contribution in [0, 0.1) is 10.8 Å². The number of hydrogen-bond acceptors (Lipinski definition) is 20. The lowest BCUT2D eigenvalue weighted by atomic mass is 9.66. The van der Waals surface area contributed by atoms with Crippen LogP contribution in [0.5, 0.6) is 0 Å². The first-order valence-corrected chi connectivity index (χ1v) is 45.4. The molecule has 1 saturated heterocycles. The Morgan fingerprint density at radius 2 is 0.672 bits per heavy atom. The molecule has 2 bridgehead atoms. The smallest absolute Gasteiger partial charge is 0.376 e. The molecule has 2 atom stereocenters. The third kappa shape index (κ3) is 37.3. The Bertz CT molecular complexity index is 4430. The van der Waals surface area contributed by atoms with Gasteiger partial charge in [-0.15, -0.1) is 0 Å². The fraction of sp³-hybridized carbons (Fsp3) is 0.250. The second-order valence-electron chi connectivity index (χ2n) is 26.8. The monoisotopic (exact) mass is 1790 g/mol. The van der Waals surface area contributed by atoms with Crippen LogP contribution in [0.2, 0.25) is 0 Å². The Morgan fingerprint density at radius 1 is 0.418 bits per heavy atom. The molecule has 8 aromatic rings. The van der Waals surface area contributed by atoms with Gasteiger partial charge in [0.15, 0.2) is 52.4 Å². The molecule has 652 valence electrons. The number of esters is 7. The maximum absolute atomic E-state index is 12.2. The average Bonchev–Trinajstić information content (AvgIpc) is 1.52. The van der Waals surface area contributed by atoms with Gasteiger partial charge >= 0.3 is 47.7 Å². The summed E-state index contributed by atoms with van der Waals surface area (Å²) in [5.41, 5.74) is -2.42. The molecule has 2 aliphatic rings. The van der Waals surface area contributed by atoms with Crippen molar-refractivity contribution in [3.05, 3.63) is 327 Å². The molecule has 1 saturated carbocycles. The average molecular weight is 1800 g/mol. The van der Waals surface area contributed by atoms with Gasteiger partial charge in [0.2, 0.25) is 5.60 Å². The van der Waals surface area contributed by atoms with E-state index < -0.39 is 135 Å². The van der Waals surface area contributed by atoms with E-state index in [0.717, 1.165) is 0 Å². The largest absolute Gasteiger partial charge is 0.748 e. The van der Waals surface area contributed by atoms with Gasteiger partial charge in [0.05, 0.1) is 80.7 Å². The molecule has 2 unspecified atom stereocenters. The first-order valence-electron chi connectivity index (χ1n) is 37.1. The number of hydrogen-bond donors (Lipinski definition) is 0. The lowest BCUT2D eigenvalue weighted by Crippen LogP contribution is -2.49. The number of benzene rings is 8. The number of ether oxygens (including phenoxy) is 7. The first-order chi connectivity index (χ1) is 57.4. The number of carbonyl (C=O) groups excluding carboxylic acids is 7. The van der Waals surface area contributed by atoms with Crippen molar-refractivity contribution < 1.29 is 110 Å². The van der Waals surface area contributed by atoms with Crippen LogP contribution in [-0.4, -0.2) is 136 Å². The van der Waals surface area contributed by atoms with Crippen LogP contribution in [0.15, 0.2) is 366 Å². The van der Waals surface area contributed by atoms with E-state index in [2.05, 4.69) is 264 Å². The Balaban J connectivity index is 0.000000361. The molecule has 20 nitrogen and oxygen atoms in total. The molecule has 2 fully saturated rings. The van der Waals surface area contributed by atoms with Gasteiger partial charge in [-0.05, 0) is 138 Å². The highest BCUT2D eigenvalue weighted by Crippen LogP contribution is 2.66. The van der Waals surface area contributed by atoms with Gasteiger partial charge in [0, 0.05) is 36.0 Å². The molecule has 0 N–H and O–H groups in total. The van der Waals surface area contributed by atoms with Crippen molar-refractivity contribution in [3.8, 4) is 0 Å². The number of alkyl halides is 4. The number of fused-ring (bicyclic) bond motifs is 2. The van der Waals surface area contributed by atoms with E-state index in [1.54, 1.807) is 20.8 Å². The van der Waals surface area contributed by atoms with Gasteiger partial charge < -0.3 is 42.3 Å². The molecule has 0 amide bonds. The molecule has 1 heterocycles. The van der Waals surface area contributed by atoms with E-state index in [1.165, 1.54) is 59.9 Å². The minimum atomic E-state index is -4.45. The molecule has 0 radical (unpaired) electrons. The molecular weight excluding hydrogens is 1690 g/mol. The van der Waals surface area contributed by atoms with Crippen LogP contribution in [0.4, 0.5) is 17.6 Å². The summed E-state index contributed by atoms with van der Waals surface area (Å²) in [7, 11) is -8.73. The first kappa shape index (κ1) is 105. The van der Waals surface area contributed by atoms with Crippen LogP contribution >= 0.6 is 0 Å². The molecular formula is C92H102F4O20S6+2. The van der Waals surface area contributed by atoms with E-state index >= 15 is 0 Å². The second-order valence-corrected chi connectivity index (χ2v) is 37.7. The Hall–Kier alpha value is -10.8. The molecule has 1 aliphatic heterocycles. The minimum Gasteiger partial charge on any atom is -0.748 e.